The SMILES string of the molecule is CCOC(=O)c1ccc(NC(=O)CN2C(=O)c3cccnc3Oc3ccccc32)cc1. The summed E-state index contributed by atoms with van der Waals surface area (Å²) in [5.74, 6) is -0.600. The van der Waals surface area contributed by atoms with E-state index >= 15 is 0 Å². The number of hydrogen-bond acceptors (Lipinski definition) is 6. The fourth-order valence-corrected chi connectivity index (χ4v) is 3.17. The molecule has 1 N–H and O–H groups in total. The van der Waals surface area contributed by atoms with Crippen LogP contribution in [0.3, 0.4) is 0 Å². The number of hydrogen-bond donors (Lipinski definition) is 1. The number of pyridine rings is 1. The van der Waals surface area contributed by atoms with Crippen molar-refractivity contribution in [3.8, 4) is 11.6 Å². The third kappa shape index (κ3) is 4.23. The number of carbonyl (C=O) groups excluding carboxylic acids is 3. The first-order chi connectivity index (χ1) is 15.1. The number of ether oxygens (including phenoxy) is 2. The molecule has 0 aliphatic carbocycles. The summed E-state index contributed by atoms with van der Waals surface area (Å²) in [5, 5.41) is 2.74. The Bertz CT molecular complexity index is 1140. The standard InChI is InChI=1S/C23H19N3O5/c1-2-30-23(29)15-9-11-16(12-10-15)25-20(27)14-26-18-7-3-4-8-19(18)31-21-17(22(26)28)6-5-13-24-21/h3-13H,2,14H2,1H3,(H,25,27). The number of nitrogens with one attached hydrogen (secondary N) is 1. The first-order valence-electron chi connectivity index (χ1n) is 9.67. The molecule has 1 aliphatic rings. The molecule has 1 aliphatic heterocycles. The summed E-state index contributed by atoms with van der Waals surface area (Å²) in [6.45, 7) is 1.78. The molecule has 2 aromatic carbocycles. The van der Waals surface area contributed by atoms with Crippen LogP contribution >= 0.6 is 0 Å². The van der Waals surface area contributed by atoms with Gasteiger partial charge in [-0.1, -0.05) is 12.1 Å². The highest BCUT2D eigenvalue weighted by Gasteiger charge is 2.30. The summed E-state index contributed by atoms with van der Waals surface area (Å²) in [4.78, 5) is 43.1. The fraction of sp³-hybridized carbons (Fsp3) is 0.130. The lowest BCUT2D eigenvalue weighted by Crippen LogP contribution is -2.37. The molecule has 8 heteroatoms. The monoisotopic (exact) mass is 417 g/mol. The Balaban J connectivity index is 1.54. The molecule has 0 saturated heterocycles. The average Bonchev–Trinajstić information content (AvgIpc) is 2.89. The van der Waals surface area contributed by atoms with Gasteiger partial charge in [-0.3, -0.25) is 14.5 Å². The fourth-order valence-electron chi connectivity index (χ4n) is 3.17. The molecule has 4 rings (SSSR count). The Hall–Kier alpha value is -4.20. The van der Waals surface area contributed by atoms with Crippen molar-refractivity contribution in [3.63, 3.8) is 0 Å². The molecule has 2 heterocycles. The number of fused-ring (bicyclic) bond motifs is 2. The van der Waals surface area contributed by atoms with Crippen LogP contribution in [0.2, 0.25) is 0 Å². The van der Waals surface area contributed by atoms with E-state index in [9.17, 15) is 14.4 Å². The smallest absolute Gasteiger partial charge is 0.338 e. The number of esters is 1. The molecule has 0 atom stereocenters. The van der Waals surface area contributed by atoms with E-state index in [0.717, 1.165) is 0 Å². The van der Waals surface area contributed by atoms with E-state index < -0.39 is 11.9 Å². The number of carbonyl (C=O) groups is 3. The van der Waals surface area contributed by atoms with Gasteiger partial charge in [-0.25, -0.2) is 9.78 Å². The minimum absolute atomic E-state index is 0.192. The van der Waals surface area contributed by atoms with Crippen LogP contribution in [0.15, 0.2) is 66.9 Å². The predicted octanol–water partition coefficient (Wildman–Crippen LogP) is 3.65. The zero-order valence-corrected chi connectivity index (χ0v) is 16.7. The maximum absolute atomic E-state index is 13.1. The second kappa shape index (κ2) is 8.66. The molecule has 2 amide bonds. The summed E-state index contributed by atoms with van der Waals surface area (Å²) in [6.07, 6.45) is 1.54. The van der Waals surface area contributed by atoms with Gasteiger partial charge < -0.3 is 14.8 Å². The van der Waals surface area contributed by atoms with E-state index in [1.165, 1.54) is 11.1 Å². The number of amides is 2. The molecule has 0 fully saturated rings. The maximum atomic E-state index is 13.1. The van der Waals surface area contributed by atoms with Crippen LogP contribution in [0.1, 0.15) is 27.6 Å². The van der Waals surface area contributed by atoms with Gasteiger partial charge in [-0.05, 0) is 55.5 Å². The van der Waals surface area contributed by atoms with Gasteiger partial charge in [0, 0.05) is 11.9 Å². The maximum Gasteiger partial charge on any atom is 0.338 e. The Morgan fingerprint density at radius 3 is 2.61 bits per heavy atom. The van der Waals surface area contributed by atoms with Gasteiger partial charge in [0.25, 0.3) is 5.91 Å². The van der Waals surface area contributed by atoms with E-state index in [-0.39, 0.29) is 30.5 Å². The van der Waals surface area contributed by atoms with E-state index in [4.69, 9.17) is 9.47 Å². The predicted molar refractivity (Wildman–Crippen MR) is 113 cm³/mol. The van der Waals surface area contributed by atoms with Gasteiger partial charge in [-0.15, -0.1) is 0 Å². The van der Waals surface area contributed by atoms with Crippen molar-refractivity contribution in [3.05, 3.63) is 78.0 Å². The van der Waals surface area contributed by atoms with Gasteiger partial charge in [0.1, 0.15) is 12.1 Å². The molecular weight excluding hydrogens is 398 g/mol. The van der Waals surface area contributed by atoms with Crippen LogP contribution < -0.4 is 15.0 Å². The van der Waals surface area contributed by atoms with Crippen LogP contribution in [0.5, 0.6) is 11.6 Å². The second-order valence-corrected chi connectivity index (χ2v) is 6.66. The second-order valence-electron chi connectivity index (χ2n) is 6.66. The van der Waals surface area contributed by atoms with Crippen molar-refractivity contribution in [2.24, 2.45) is 0 Å². The normalized spacial score (nSPS) is 12.2. The summed E-state index contributed by atoms with van der Waals surface area (Å²) in [5.41, 5.74) is 1.62. The van der Waals surface area contributed by atoms with Crippen molar-refractivity contribution in [2.75, 3.05) is 23.4 Å². The highest BCUT2D eigenvalue weighted by Crippen LogP contribution is 2.37. The molecule has 0 radical (unpaired) electrons. The summed E-state index contributed by atoms with van der Waals surface area (Å²) < 4.78 is 10.8. The Morgan fingerprint density at radius 1 is 1.06 bits per heavy atom. The topological polar surface area (TPSA) is 97.8 Å². The minimum atomic E-state index is -0.431. The van der Waals surface area contributed by atoms with Crippen molar-refractivity contribution in [2.45, 2.75) is 6.92 Å². The van der Waals surface area contributed by atoms with Crippen molar-refractivity contribution < 1.29 is 23.9 Å². The van der Waals surface area contributed by atoms with Gasteiger partial charge >= 0.3 is 5.97 Å². The van der Waals surface area contributed by atoms with Gasteiger partial charge in [0.05, 0.1) is 17.9 Å². The molecule has 3 aromatic rings. The Kier molecular flexibility index (Phi) is 5.61. The number of benzene rings is 2. The van der Waals surface area contributed by atoms with E-state index in [0.29, 0.717) is 22.7 Å². The lowest BCUT2D eigenvalue weighted by molar-refractivity contribution is -0.114. The molecule has 0 unspecified atom stereocenters. The molecule has 8 nitrogen and oxygen atoms in total. The largest absolute Gasteiger partial charge is 0.462 e. The number of anilines is 2. The number of rotatable bonds is 5. The summed E-state index contributed by atoms with van der Waals surface area (Å²) >= 11 is 0. The lowest BCUT2D eigenvalue weighted by atomic mass is 10.2. The Labute approximate surface area is 178 Å². The van der Waals surface area contributed by atoms with Crippen LogP contribution in [0.25, 0.3) is 0 Å². The number of aromatic nitrogens is 1. The van der Waals surface area contributed by atoms with Crippen LogP contribution in [-0.4, -0.2) is 35.9 Å². The van der Waals surface area contributed by atoms with E-state index in [1.807, 2.05) is 0 Å². The molecule has 156 valence electrons. The molecule has 31 heavy (non-hydrogen) atoms. The number of nitrogens with zero attached hydrogens (tertiary/aromatic N) is 2. The van der Waals surface area contributed by atoms with Crippen molar-refractivity contribution in [1.82, 2.24) is 4.98 Å². The molecule has 1 aromatic heterocycles. The van der Waals surface area contributed by atoms with Crippen LogP contribution in [0, 0.1) is 0 Å². The first-order valence-corrected chi connectivity index (χ1v) is 9.67. The van der Waals surface area contributed by atoms with Gasteiger partial charge in [0.15, 0.2) is 5.75 Å². The summed E-state index contributed by atoms with van der Waals surface area (Å²) in [6, 6.07) is 16.5. The quantitative estimate of drug-likeness (QED) is 0.637. The third-order valence-corrected chi connectivity index (χ3v) is 4.59. The van der Waals surface area contributed by atoms with Crippen molar-refractivity contribution in [1.29, 1.82) is 0 Å². The highest BCUT2D eigenvalue weighted by molar-refractivity contribution is 6.12. The van der Waals surface area contributed by atoms with Crippen LogP contribution in [0.4, 0.5) is 11.4 Å². The van der Waals surface area contributed by atoms with Gasteiger partial charge in [-0.2, -0.15) is 0 Å². The molecule has 0 spiro atoms. The molecular formula is C23H19N3O5. The van der Waals surface area contributed by atoms with Crippen LogP contribution in [-0.2, 0) is 9.53 Å². The van der Waals surface area contributed by atoms with E-state index in [1.54, 1.807) is 67.6 Å². The number of para-hydroxylation sites is 2. The third-order valence-electron chi connectivity index (χ3n) is 4.59. The molecule has 0 saturated carbocycles. The molecule has 0 bridgehead atoms. The van der Waals surface area contributed by atoms with Gasteiger partial charge in [0.2, 0.25) is 11.8 Å². The average molecular weight is 417 g/mol. The van der Waals surface area contributed by atoms with E-state index in [2.05, 4.69) is 10.3 Å². The lowest BCUT2D eigenvalue weighted by Gasteiger charge is -2.21. The highest BCUT2D eigenvalue weighted by atomic mass is 16.5. The zero-order chi connectivity index (χ0) is 21.8. The summed E-state index contributed by atoms with van der Waals surface area (Å²) in [7, 11) is 0. The first kappa shape index (κ1) is 20.1. The minimum Gasteiger partial charge on any atom is -0.462 e. The zero-order valence-electron chi connectivity index (χ0n) is 16.7. The Morgan fingerprint density at radius 2 is 1.84 bits per heavy atom. The van der Waals surface area contributed by atoms with Crippen molar-refractivity contribution >= 4 is 29.2 Å².